The zero-order valence-corrected chi connectivity index (χ0v) is 38.6. The van der Waals surface area contributed by atoms with Gasteiger partial charge in [0.1, 0.15) is 19.0 Å². The summed E-state index contributed by atoms with van der Waals surface area (Å²) in [5.41, 5.74) is 8.00. The van der Waals surface area contributed by atoms with Gasteiger partial charge < -0.3 is 24.6 Å². The standard InChI is InChI=1S/C54H51FN8O7/c1-2-35-10-9-11-37(28-35)38-31-57-50(58-32-38)52(66)56-20-26-69-27-25-63(54(68)70-34-46-41-14-5-3-12-39(41)40-13-4-6-15-42(40)46)33-49(64)61-21-23-62(24-22-61)53(67)45-29-36(18-19-47(45)55)30-48-43-16-7-8-17-44(43)51(65)60-59-48/h3-19,28-29,31-32,46H,2,20-27,30,33-34H2,1H3,(H,56,66)(H,60,65). The second-order valence-electron chi connectivity index (χ2n) is 17.2. The number of carbonyl (C=O) groups is 4. The lowest BCUT2D eigenvalue weighted by Crippen LogP contribution is -2.53. The van der Waals surface area contributed by atoms with E-state index in [9.17, 15) is 24.0 Å². The second-order valence-corrected chi connectivity index (χ2v) is 17.2. The first-order valence-electron chi connectivity index (χ1n) is 23.3. The molecule has 70 heavy (non-hydrogen) atoms. The molecule has 16 heteroatoms. The van der Waals surface area contributed by atoms with Crippen molar-refractivity contribution in [3.63, 3.8) is 0 Å². The molecule has 1 fully saturated rings. The van der Waals surface area contributed by atoms with E-state index in [1.807, 2.05) is 66.7 Å². The molecule has 3 heterocycles. The summed E-state index contributed by atoms with van der Waals surface area (Å²) >= 11 is 0. The van der Waals surface area contributed by atoms with Crippen LogP contribution in [0.2, 0.25) is 0 Å². The molecule has 7 aromatic rings. The second kappa shape index (κ2) is 21.5. The highest BCUT2D eigenvalue weighted by atomic mass is 19.1. The quantitative estimate of drug-likeness (QED) is 0.0997. The number of H-pyrrole nitrogens is 1. The van der Waals surface area contributed by atoms with Crippen LogP contribution in [0.1, 0.15) is 61.8 Å². The van der Waals surface area contributed by atoms with Gasteiger partial charge in [-0.3, -0.25) is 24.1 Å². The Bertz CT molecular complexity index is 3070. The summed E-state index contributed by atoms with van der Waals surface area (Å²) in [6.45, 7) is 2.73. The van der Waals surface area contributed by atoms with Crippen LogP contribution in [-0.4, -0.2) is 124 Å². The van der Waals surface area contributed by atoms with Crippen LogP contribution in [-0.2, 0) is 27.1 Å². The number of nitrogens with zero attached hydrogens (tertiary/aromatic N) is 6. The summed E-state index contributed by atoms with van der Waals surface area (Å²) in [6, 6.07) is 35.5. The van der Waals surface area contributed by atoms with Crippen LogP contribution in [0.4, 0.5) is 9.18 Å². The molecule has 2 aliphatic rings. The van der Waals surface area contributed by atoms with E-state index in [1.165, 1.54) is 27.5 Å². The van der Waals surface area contributed by atoms with Crippen molar-refractivity contribution >= 4 is 34.6 Å². The highest BCUT2D eigenvalue weighted by Gasteiger charge is 2.32. The van der Waals surface area contributed by atoms with E-state index in [1.54, 1.807) is 41.6 Å². The van der Waals surface area contributed by atoms with Gasteiger partial charge >= 0.3 is 6.09 Å². The van der Waals surface area contributed by atoms with Crippen molar-refractivity contribution in [2.75, 3.05) is 65.6 Å². The molecular weight excluding hydrogens is 892 g/mol. The molecule has 9 rings (SSSR count). The van der Waals surface area contributed by atoms with Crippen molar-refractivity contribution in [2.45, 2.75) is 25.7 Å². The maximum Gasteiger partial charge on any atom is 0.410 e. The van der Waals surface area contributed by atoms with Gasteiger partial charge in [0.2, 0.25) is 11.7 Å². The van der Waals surface area contributed by atoms with Gasteiger partial charge in [0, 0.05) is 75.0 Å². The minimum Gasteiger partial charge on any atom is -0.448 e. The van der Waals surface area contributed by atoms with Crippen molar-refractivity contribution in [3.05, 3.63) is 183 Å². The minimum atomic E-state index is -0.691. The third kappa shape index (κ3) is 10.5. The number of piperazine rings is 1. The lowest BCUT2D eigenvalue weighted by Gasteiger charge is -2.36. The van der Waals surface area contributed by atoms with Crippen LogP contribution in [0.5, 0.6) is 0 Å². The summed E-state index contributed by atoms with van der Waals surface area (Å²) in [5.74, 6) is -2.18. The Morgan fingerprint density at radius 2 is 1.46 bits per heavy atom. The molecule has 2 N–H and O–H groups in total. The number of hydrogen-bond donors (Lipinski definition) is 2. The molecule has 4 amide bonds. The van der Waals surface area contributed by atoms with E-state index in [2.05, 4.69) is 44.5 Å². The van der Waals surface area contributed by atoms with Gasteiger partial charge in [-0.15, -0.1) is 0 Å². The zero-order chi connectivity index (χ0) is 48.6. The van der Waals surface area contributed by atoms with Crippen LogP contribution in [0.25, 0.3) is 33.0 Å². The zero-order valence-electron chi connectivity index (χ0n) is 38.6. The number of amides is 4. The normalized spacial score (nSPS) is 13.2. The van der Waals surface area contributed by atoms with Gasteiger partial charge in [0.25, 0.3) is 17.4 Å². The molecule has 356 valence electrons. The maximum absolute atomic E-state index is 15.2. The largest absolute Gasteiger partial charge is 0.448 e. The predicted molar refractivity (Wildman–Crippen MR) is 261 cm³/mol. The SMILES string of the molecule is CCc1cccc(-c2cnc(C(=O)NCCOCCN(CC(=O)N3CCN(C(=O)c4cc(Cc5n[nH]c(=O)c6ccccc56)ccc4F)CC3)C(=O)OCC3c4ccccc4-c4ccccc43)nc2)c1. The summed E-state index contributed by atoms with van der Waals surface area (Å²) in [6.07, 6.45) is 3.69. The van der Waals surface area contributed by atoms with E-state index in [0.717, 1.165) is 39.8 Å². The first-order valence-corrected chi connectivity index (χ1v) is 23.3. The number of aryl methyl sites for hydroxylation is 1. The highest BCUT2D eigenvalue weighted by molar-refractivity contribution is 5.95. The molecule has 0 unspecified atom stereocenters. The molecule has 5 aromatic carbocycles. The van der Waals surface area contributed by atoms with E-state index in [4.69, 9.17) is 9.47 Å². The molecule has 1 saturated heterocycles. The summed E-state index contributed by atoms with van der Waals surface area (Å²) in [5, 5.41) is 10.6. The van der Waals surface area contributed by atoms with Crippen molar-refractivity contribution in [3.8, 4) is 22.3 Å². The Morgan fingerprint density at radius 3 is 2.19 bits per heavy atom. The van der Waals surface area contributed by atoms with Crippen LogP contribution in [0.15, 0.2) is 132 Å². The number of fused-ring (bicyclic) bond motifs is 4. The fraction of sp³-hybridized carbons (Fsp3) is 0.259. The molecule has 2 aromatic heterocycles. The first-order chi connectivity index (χ1) is 34.1. The fourth-order valence-electron chi connectivity index (χ4n) is 9.02. The lowest BCUT2D eigenvalue weighted by atomic mass is 9.98. The van der Waals surface area contributed by atoms with Crippen molar-refractivity contribution in [1.29, 1.82) is 0 Å². The van der Waals surface area contributed by atoms with Gasteiger partial charge in [0.15, 0.2) is 0 Å². The Balaban J connectivity index is 0.803. The average molecular weight is 943 g/mol. The number of benzene rings is 5. The van der Waals surface area contributed by atoms with Gasteiger partial charge in [0.05, 0.1) is 29.9 Å². The van der Waals surface area contributed by atoms with Crippen molar-refractivity contribution in [2.24, 2.45) is 0 Å². The van der Waals surface area contributed by atoms with Crippen LogP contribution in [0, 0.1) is 5.82 Å². The van der Waals surface area contributed by atoms with Gasteiger partial charge in [-0.05, 0) is 63.6 Å². The molecule has 0 saturated carbocycles. The highest BCUT2D eigenvalue weighted by Crippen LogP contribution is 2.44. The summed E-state index contributed by atoms with van der Waals surface area (Å²) in [4.78, 5) is 79.6. The Morgan fingerprint density at radius 1 is 0.771 bits per heavy atom. The Kier molecular flexibility index (Phi) is 14.4. The molecule has 0 spiro atoms. The number of aromatic amines is 1. The Labute approximate surface area is 403 Å². The number of aromatic nitrogens is 4. The summed E-state index contributed by atoms with van der Waals surface area (Å²) < 4.78 is 27.0. The van der Waals surface area contributed by atoms with Crippen molar-refractivity contribution < 1.29 is 33.0 Å². The fourth-order valence-corrected chi connectivity index (χ4v) is 9.02. The smallest absolute Gasteiger partial charge is 0.410 e. The first kappa shape index (κ1) is 47.0. The molecule has 1 aliphatic heterocycles. The summed E-state index contributed by atoms with van der Waals surface area (Å²) in [7, 11) is 0. The predicted octanol–water partition coefficient (Wildman–Crippen LogP) is 6.65. The van der Waals surface area contributed by atoms with Gasteiger partial charge in [-0.2, -0.15) is 5.10 Å². The maximum atomic E-state index is 15.2. The van der Waals surface area contributed by atoms with E-state index >= 15 is 4.39 Å². The molecular formula is C54H51FN8O7. The van der Waals surface area contributed by atoms with Crippen LogP contribution < -0.4 is 10.9 Å². The van der Waals surface area contributed by atoms with Crippen LogP contribution in [0.3, 0.4) is 0 Å². The Hall–Kier alpha value is -8.11. The van der Waals surface area contributed by atoms with Gasteiger partial charge in [-0.25, -0.2) is 24.3 Å². The van der Waals surface area contributed by atoms with Crippen LogP contribution >= 0.6 is 0 Å². The van der Waals surface area contributed by atoms with Gasteiger partial charge in [-0.1, -0.05) is 104 Å². The monoisotopic (exact) mass is 942 g/mol. The number of nitrogens with one attached hydrogen (secondary N) is 2. The average Bonchev–Trinajstić information content (AvgIpc) is 3.72. The third-order valence-corrected chi connectivity index (χ3v) is 12.8. The topological polar surface area (TPSA) is 180 Å². The van der Waals surface area contributed by atoms with E-state index in [0.29, 0.717) is 22.0 Å². The third-order valence-electron chi connectivity index (χ3n) is 12.8. The number of hydrogen-bond acceptors (Lipinski definition) is 10. The number of ether oxygens (including phenoxy) is 2. The molecule has 15 nitrogen and oxygen atoms in total. The van der Waals surface area contributed by atoms with E-state index in [-0.39, 0.29) is 101 Å². The van der Waals surface area contributed by atoms with Crippen molar-refractivity contribution in [1.82, 2.24) is 40.2 Å². The van der Waals surface area contributed by atoms with E-state index < -0.39 is 23.7 Å². The lowest BCUT2D eigenvalue weighted by molar-refractivity contribution is -0.133. The molecule has 1 aliphatic carbocycles. The molecule has 0 radical (unpaired) electrons. The number of halogens is 1. The number of rotatable bonds is 16. The minimum absolute atomic E-state index is 0.0125. The molecule has 0 bridgehead atoms. The molecule has 0 atom stereocenters. The number of carbonyl (C=O) groups excluding carboxylic acids is 4.